The number of furan rings is 1. The molecule has 1 unspecified atom stereocenters. The van der Waals surface area contributed by atoms with E-state index in [-0.39, 0.29) is 18.2 Å². The Labute approximate surface area is 185 Å². The van der Waals surface area contributed by atoms with Crippen LogP contribution in [-0.4, -0.2) is 58.8 Å². The zero-order chi connectivity index (χ0) is 22.3. The maximum atomic E-state index is 14.0. The normalized spacial score (nSPS) is 17.5. The monoisotopic (exact) mass is 443 g/mol. The van der Waals surface area contributed by atoms with Gasteiger partial charge in [0.1, 0.15) is 17.5 Å². The maximum Gasteiger partial charge on any atom is 0.216 e. The molecule has 1 atom stereocenters. The number of guanidine groups is 1. The van der Waals surface area contributed by atoms with E-state index in [1.807, 2.05) is 6.07 Å². The van der Waals surface area contributed by atoms with Gasteiger partial charge in [0.15, 0.2) is 11.7 Å². The van der Waals surface area contributed by atoms with E-state index in [0.717, 1.165) is 25.2 Å². The predicted octanol–water partition coefficient (Wildman–Crippen LogP) is 2.71. The summed E-state index contributed by atoms with van der Waals surface area (Å²) in [4.78, 5) is 10.8. The number of aliphatic imine (C=N–C) groups is 1. The van der Waals surface area contributed by atoms with Gasteiger partial charge in [-0.2, -0.15) is 5.10 Å². The van der Waals surface area contributed by atoms with E-state index in [2.05, 4.69) is 35.7 Å². The summed E-state index contributed by atoms with van der Waals surface area (Å²) in [5.74, 6) is 1.58. The number of nitrogens with one attached hydrogen (secondary N) is 3. The van der Waals surface area contributed by atoms with Crippen LogP contribution in [0.3, 0.4) is 0 Å². The largest absolute Gasteiger partial charge is 0.461 e. The van der Waals surface area contributed by atoms with Gasteiger partial charge in [-0.25, -0.2) is 13.8 Å². The minimum Gasteiger partial charge on any atom is -0.461 e. The molecule has 170 valence electrons. The van der Waals surface area contributed by atoms with Crippen LogP contribution in [0.5, 0.6) is 0 Å². The second-order valence-corrected chi connectivity index (χ2v) is 7.75. The first-order chi connectivity index (χ1) is 15.6. The minimum absolute atomic E-state index is 0.122. The summed E-state index contributed by atoms with van der Waals surface area (Å²) in [7, 11) is 1.72. The Morgan fingerprint density at radius 1 is 1.28 bits per heavy atom. The highest BCUT2D eigenvalue weighted by Crippen LogP contribution is 2.18. The van der Waals surface area contributed by atoms with Crippen LogP contribution >= 0.6 is 0 Å². The average Bonchev–Trinajstić information content (AvgIpc) is 3.48. The van der Waals surface area contributed by atoms with E-state index in [9.17, 15) is 8.78 Å². The summed E-state index contributed by atoms with van der Waals surface area (Å²) >= 11 is 0. The Morgan fingerprint density at radius 2 is 2.12 bits per heavy atom. The third kappa shape index (κ3) is 5.50. The second kappa shape index (κ2) is 10.4. The van der Waals surface area contributed by atoms with Crippen molar-refractivity contribution in [2.24, 2.45) is 4.99 Å². The quantitative estimate of drug-likeness (QED) is 0.384. The first-order valence-electron chi connectivity index (χ1n) is 10.7. The van der Waals surface area contributed by atoms with Crippen molar-refractivity contribution < 1.29 is 13.2 Å². The molecule has 1 aromatic carbocycles. The Bertz CT molecular complexity index is 1010. The lowest BCUT2D eigenvalue weighted by Crippen LogP contribution is -2.51. The van der Waals surface area contributed by atoms with Gasteiger partial charge < -0.3 is 15.1 Å². The molecule has 0 aliphatic carbocycles. The highest BCUT2D eigenvalue weighted by Gasteiger charge is 2.22. The van der Waals surface area contributed by atoms with E-state index in [4.69, 9.17) is 4.42 Å². The predicted molar refractivity (Wildman–Crippen MR) is 117 cm³/mol. The molecule has 1 fully saturated rings. The van der Waals surface area contributed by atoms with Crippen molar-refractivity contribution in [3.05, 3.63) is 59.6 Å². The SMILES string of the molecule is CN=C(NCCc1nc(-c2ccco2)n[nH]1)NC1CCCN(Cc2c(F)cccc2F)C1. The molecule has 10 heteroatoms. The van der Waals surface area contributed by atoms with Crippen molar-refractivity contribution in [2.45, 2.75) is 31.8 Å². The van der Waals surface area contributed by atoms with Crippen LogP contribution in [0.25, 0.3) is 11.6 Å². The molecule has 3 aromatic rings. The molecule has 0 spiro atoms. The van der Waals surface area contributed by atoms with Gasteiger partial charge in [-0.15, -0.1) is 0 Å². The molecule has 32 heavy (non-hydrogen) atoms. The minimum atomic E-state index is -0.500. The van der Waals surface area contributed by atoms with Crippen molar-refractivity contribution in [2.75, 3.05) is 26.7 Å². The van der Waals surface area contributed by atoms with Gasteiger partial charge >= 0.3 is 0 Å². The van der Waals surface area contributed by atoms with Gasteiger partial charge in [0.2, 0.25) is 5.82 Å². The fraction of sp³-hybridized carbons (Fsp3) is 0.409. The van der Waals surface area contributed by atoms with Crippen LogP contribution < -0.4 is 10.6 Å². The number of likely N-dealkylation sites (tertiary alicyclic amines) is 1. The number of H-pyrrole nitrogens is 1. The molecule has 0 radical (unpaired) electrons. The van der Waals surface area contributed by atoms with Gasteiger partial charge in [-0.1, -0.05) is 6.07 Å². The van der Waals surface area contributed by atoms with Crippen molar-refractivity contribution in [3.63, 3.8) is 0 Å². The molecule has 3 N–H and O–H groups in total. The van der Waals surface area contributed by atoms with E-state index >= 15 is 0 Å². The highest BCUT2D eigenvalue weighted by molar-refractivity contribution is 5.80. The molecule has 0 amide bonds. The molecule has 1 aliphatic heterocycles. The highest BCUT2D eigenvalue weighted by atomic mass is 19.1. The van der Waals surface area contributed by atoms with Crippen LogP contribution in [0.2, 0.25) is 0 Å². The summed E-state index contributed by atoms with van der Waals surface area (Å²) < 4.78 is 33.3. The number of hydrogen-bond donors (Lipinski definition) is 3. The Balaban J connectivity index is 1.25. The van der Waals surface area contributed by atoms with Crippen LogP contribution in [-0.2, 0) is 13.0 Å². The molecular weight excluding hydrogens is 416 g/mol. The molecule has 4 rings (SSSR count). The maximum absolute atomic E-state index is 14.0. The number of aromatic nitrogens is 3. The Morgan fingerprint density at radius 3 is 2.88 bits per heavy atom. The molecule has 0 bridgehead atoms. The van der Waals surface area contributed by atoms with Crippen LogP contribution in [0, 0.1) is 11.6 Å². The molecule has 2 aromatic heterocycles. The van der Waals surface area contributed by atoms with Crippen molar-refractivity contribution >= 4 is 5.96 Å². The first-order valence-corrected chi connectivity index (χ1v) is 10.7. The topological polar surface area (TPSA) is 94.4 Å². The summed E-state index contributed by atoms with van der Waals surface area (Å²) in [5, 5.41) is 13.8. The van der Waals surface area contributed by atoms with Gasteiger partial charge in [0.05, 0.1) is 6.26 Å². The lowest BCUT2D eigenvalue weighted by molar-refractivity contribution is 0.188. The van der Waals surface area contributed by atoms with Crippen molar-refractivity contribution in [1.29, 1.82) is 0 Å². The molecule has 1 aliphatic rings. The zero-order valence-corrected chi connectivity index (χ0v) is 17.9. The second-order valence-electron chi connectivity index (χ2n) is 7.75. The van der Waals surface area contributed by atoms with Crippen LogP contribution in [0.4, 0.5) is 8.78 Å². The summed E-state index contributed by atoms with van der Waals surface area (Å²) in [6.07, 6.45) is 4.13. The molecule has 1 saturated heterocycles. The molecule has 8 nitrogen and oxygen atoms in total. The van der Waals surface area contributed by atoms with Gasteiger partial charge in [-0.05, 0) is 43.7 Å². The molecular formula is C22H27F2N7O. The summed E-state index contributed by atoms with van der Waals surface area (Å²) in [6, 6.07) is 7.74. The number of halogens is 2. The zero-order valence-electron chi connectivity index (χ0n) is 17.9. The summed E-state index contributed by atoms with van der Waals surface area (Å²) in [5.41, 5.74) is 0.122. The smallest absolute Gasteiger partial charge is 0.216 e. The Hall–Kier alpha value is -3.27. The fourth-order valence-corrected chi connectivity index (χ4v) is 3.83. The summed E-state index contributed by atoms with van der Waals surface area (Å²) in [6.45, 7) is 2.36. The van der Waals surface area contributed by atoms with Crippen molar-refractivity contribution in [1.82, 2.24) is 30.7 Å². The van der Waals surface area contributed by atoms with E-state index < -0.39 is 11.6 Å². The lowest BCUT2D eigenvalue weighted by atomic mass is 10.0. The van der Waals surface area contributed by atoms with Crippen molar-refractivity contribution in [3.8, 4) is 11.6 Å². The number of nitrogens with zero attached hydrogens (tertiary/aromatic N) is 4. The lowest BCUT2D eigenvalue weighted by Gasteiger charge is -2.34. The molecule has 0 saturated carbocycles. The van der Waals surface area contributed by atoms with E-state index in [1.54, 1.807) is 19.4 Å². The van der Waals surface area contributed by atoms with E-state index in [0.29, 0.717) is 37.1 Å². The fourth-order valence-electron chi connectivity index (χ4n) is 3.83. The number of aromatic amines is 1. The van der Waals surface area contributed by atoms with Crippen LogP contribution in [0.1, 0.15) is 24.2 Å². The van der Waals surface area contributed by atoms with E-state index in [1.165, 1.54) is 18.2 Å². The number of benzene rings is 1. The average molecular weight is 444 g/mol. The van der Waals surface area contributed by atoms with Gasteiger partial charge in [-0.3, -0.25) is 15.0 Å². The van der Waals surface area contributed by atoms with Gasteiger partial charge in [0.25, 0.3) is 0 Å². The van der Waals surface area contributed by atoms with Crippen LogP contribution in [0.15, 0.2) is 46.0 Å². The Kier molecular flexibility index (Phi) is 7.10. The third-order valence-electron chi connectivity index (χ3n) is 5.44. The number of hydrogen-bond acceptors (Lipinski definition) is 5. The van der Waals surface area contributed by atoms with Gasteiger partial charge in [0, 0.05) is 44.7 Å². The first kappa shape index (κ1) is 21.9. The molecule has 3 heterocycles. The number of piperidine rings is 1. The standard InChI is InChI=1S/C22H27F2N7O/c1-25-22(26-10-9-20-28-21(30-29-20)19-8-4-12-32-19)27-15-5-3-11-31(13-15)14-16-17(23)6-2-7-18(16)24/h2,4,6-8,12,15H,3,5,9-11,13-14H2,1H3,(H2,25,26,27)(H,28,29,30). The number of rotatable bonds is 7. The third-order valence-corrected chi connectivity index (χ3v) is 5.44.